The van der Waals surface area contributed by atoms with Crippen molar-refractivity contribution in [1.82, 2.24) is 9.97 Å². The molecule has 0 bridgehead atoms. The van der Waals surface area contributed by atoms with Crippen molar-refractivity contribution in [1.29, 1.82) is 0 Å². The Bertz CT molecular complexity index is 257. The quantitative estimate of drug-likeness (QED) is 0.561. The van der Waals surface area contributed by atoms with E-state index in [0.29, 0.717) is 5.92 Å². The number of fused-ring (bicyclic) bond motifs is 1. The largest absolute Gasteiger partial charge is 0.245 e. The van der Waals surface area contributed by atoms with Crippen LogP contribution in [0.2, 0.25) is 0 Å². The molecule has 0 fully saturated rings. The van der Waals surface area contributed by atoms with E-state index in [0.717, 1.165) is 0 Å². The minimum atomic E-state index is 0.641. The Morgan fingerprint density at radius 2 is 2.45 bits per heavy atom. The molecule has 0 saturated carbocycles. The van der Waals surface area contributed by atoms with Gasteiger partial charge < -0.3 is 0 Å². The molecule has 1 aromatic rings. The van der Waals surface area contributed by atoms with Crippen molar-refractivity contribution in [3.63, 3.8) is 0 Å². The Hall–Kier alpha value is -0.920. The molecule has 0 aliphatic heterocycles. The third-order valence-corrected chi connectivity index (χ3v) is 2.37. The second kappa shape index (κ2) is 2.61. The Morgan fingerprint density at radius 1 is 1.55 bits per heavy atom. The normalized spacial score (nSPS) is 22.8. The van der Waals surface area contributed by atoms with E-state index in [4.69, 9.17) is 0 Å². The molecule has 1 atom stereocenters. The van der Waals surface area contributed by atoms with Gasteiger partial charge >= 0.3 is 0 Å². The van der Waals surface area contributed by atoms with Crippen molar-refractivity contribution < 1.29 is 0 Å². The second-order valence-electron chi connectivity index (χ2n) is 3.23. The van der Waals surface area contributed by atoms with Crippen LogP contribution >= 0.6 is 0 Å². The van der Waals surface area contributed by atoms with Gasteiger partial charge in [0.25, 0.3) is 0 Å². The van der Waals surface area contributed by atoms with Gasteiger partial charge in [0.15, 0.2) is 0 Å². The number of hydrogen-bond acceptors (Lipinski definition) is 2. The Labute approximate surface area is 66.7 Å². The summed E-state index contributed by atoms with van der Waals surface area (Å²) in [7, 11) is 0. The van der Waals surface area contributed by atoms with Crippen LogP contribution in [0.5, 0.6) is 0 Å². The van der Waals surface area contributed by atoms with Gasteiger partial charge in [-0.25, -0.2) is 9.97 Å². The van der Waals surface area contributed by atoms with Crippen molar-refractivity contribution in [2.45, 2.75) is 32.1 Å². The molecule has 2 heteroatoms. The topological polar surface area (TPSA) is 25.8 Å². The fraction of sp³-hybridized carbons (Fsp3) is 0.556. The zero-order valence-electron chi connectivity index (χ0n) is 6.75. The summed E-state index contributed by atoms with van der Waals surface area (Å²) in [4.78, 5) is 8.31. The average molecular weight is 148 g/mol. The van der Waals surface area contributed by atoms with Gasteiger partial charge in [-0.05, 0) is 30.7 Å². The van der Waals surface area contributed by atoms with E-state index in [-0.39, 0.29) is 0 Å². The van der Waals surface area contributed by atoms with Gasteiger partial charge in [0.1, 0.15) is 6.33 Å². The first-order valence-electron chi connectivity index (χ1n) is 4.16. The highest BCUT2D eigenvalue weighted by Crippen LogP contribution is 2.27. The van der Waals surface area contributed by atoms with E-state index in [1.807, 2.05) is 6.20 Å². The third-order valence-electron chi connectivity index (χ3n) is 2.37. The van der Waals surface area contributed by atoms with Crippen molar-refractivity contribution in [2.75, 3.05) is 0 Å². The van der Waals surface area contributed by atoms with Gasteiger partial charge in [0, 0.05) is 11.9 Å². The lowest BCUT2D eigenvalue weighted by Crippen LogP contribution is -2.09. The molecule has 0 spiro atoms. The predicted molar refractivity (Wildman–Crippen MR) is 43.4 cm³/mol. The highest BCUT2D eigenvalue weighted by Gasteiger charge is 2.16. The maximum atomic E-state index is 4.29. The molecular formula is C9H12N2. The lowest BCUT2D eigenvalue weighted by molar-refractivity contribution is 0.570. The lowest BCUT2D eigenvalue weighted by atomic mass is 9.89. The summed E-state index contributed by atoms with van der Waals surface area (Å²) in [5, 5.41) is 0. The van der Waals surface area contributed by atoms with E-state index in [1.54, 1.807) is 6.33 Å². The van der Waals surface area contributed by atoms with Crippen LogP contribution < -0.4 is 0 Å². The summed E-state index contributed by atoms with van der Waals surface area (Å²) in [6.45, 7) is 2.24. The fourth-order valence-corrected chi connectivity index (χ4v) is 1.74. The first kappa shape index (κ1) is 6.77. The van der Waals surface area contributed by atoms with Gasteiger partial charge in [-0.1, -0.05) is 6.92 Å². The summed E-state index contributed by atoms with van der Waals surface area (Å²) >= 11 is 0. The minimum absolute atomic E-state index is 0.641. The molecule has 0 N–H and O–H groups in total. The molecule has 0 saturated heterocycles. The standard InChI is InChI=1S/C9H12N2/c1-7-3-2-4-8-5-10-6-11-9(7)8/h5-7H,2-4H2,1H3/t7-/m1/s1. The van der Waals surface area contributed by atoms with Crippen molar-refractivity contribution in [3.8, 4) is 0 Å². The monoisotopic (exact) mass is 148 g/mol. The fourth-order valence-electron chi connectivity index (χ4n) is 1.74. The van der Waals surface area contributed by atoms with Gasteiger partial charge in [0.05, 0.1) is 0 Å². The van der Waals surface area contributed by atoms with Crippen LogP contribution in [0.1, 0.15) is 36.9 Å². The number of aryl methyl sites for hydroxylation is 1. The first-order valence-corrected chi connectivity index (χ1v) is 4.16. The molecule has 11 heavy (non-hydrogen) atoms. The van der Waals surface area contributed by atoms with Crippen molar-refractivity contribution >= 4 is 0 Å². The summed E-state index contributed by atoms with van der Waals surface area (Å²) in [5.41, 5.74) is 2.62. The molecule has 0 aromatic carbocycles. The van der Waals surface area contributed by atoms with Crippen LogP contribution in [0.25, 0.3) is 0 Å². The van der Waals surface area contributed by atoms with E-state index in [2.05, 4.69) is 16.9 Å². The minimum Gasteiger partial charge on any atom is -0.245 e. The van der Waals surface area contributed by atoms with Gasteiger partial charge in [-0.3, -0.25) is 0 Å². The summed E-state index contributed by atoms with van der Waals surface area (Å²) in [6, 6.07) is 0. The number of rotatable bonds is 0. The van der Waals surface area contributed by atoms with Crippen molar-refractivity contribution in [3.05, 3.63) is 23.8 Å². The predicted octanol–water partition coefficient (Wildman–Crippen LogP) is 1.92. The van der Waals surface area contributed by atoms with Gasteiger partial charge in [0.2, 0.25) is 0 Å². The molecule has 2 rings (SSSR count). The summed E-state index contributed by atoms with van der Waals surface area (Å²) in [5.74, 6) is 0.641. The molecule has 0 radical (unpaired) electrons. The molecule has 58 valence electrons. The van der Waals surface area contributed by atoms with Crippen LogP contribution in [0, 0.1) is 0 Å². The second-order valence-corrected chi connectivity index (χ2v) is 3.23. The molecule has 2 nitrogen and oxygen atoms in total. The molecule has 1 heterocycles. The third kappa shape index (κ3) is 1.13. The zero-order valence-corrected chi connectivity index (χ0v) is 6.75. The van der Waals surface area contributed by atoms with Crippen molar-refractivity contribution in [2.24, 2.45) is 0 Å². The molecule has 0 amide bonds. The highest BCUT2D eigenvalue weighted by molar-refractivity contribution is 5.22. The highest BCUT2D eigenvalue weighted by atomic mass is 14.8. The summed E-state index contributed by atoms with van der Waals surface area (Å²) in [6.07, 6.45) is 7.35. The zero-order chi connectivity index (χ0) is 7.68. The molecule has 1 aliphatic carbocycles. The Morgan fingerprint density at radius 3 is 3.27 bits per heavy atom. The molecule has 1 aliphatic rings. The summed E-state index contributed by atoms with van der Waals surface area (Å²) < 4.78 is 0. The lowest BCUT2D eigenvalue weighted by Gasteiger charge is -2.19. The first-order chi connectivity index (χ1) is 5.38. The maximum Gasteiger partial charge on any atom is 0.115 e. The van der Waals surface area contributed by atoms with Crippen LogP contribution in [0.4, 0.5) is 0 Å². The van der Waals surface area contributed by atoms with Crippen LogP contribution in [-0.2, 0) is 6.42 Å². The number of aromatic nitrogens is 2. The smallest absolute Gasteiger partial charge is 0.115 e. The Kier molecular flexibility index (Phi) is 1.60. The van der Waals surface area contributed by atoms with E-state index < -0.39 is 0 Å². The van der Waals surface area contributed by atoms with Gasteiger partial charge in [-0.15, -0.1) is 0 Å². The van der Waals surface area contributed by atoms with Crippen LogP contribution in [0.15, 0.2) is 12.5 Å². The SMILES string of the molecule is C[C@@H]1CCCc2cncnc21. The maximum absolute atomic E-state index is 4.29. The Balaban J connectivity index is 2.44. The van der Waals surface area contributed by atoms with E-state index >= 15 is 0 Å². The average Bonchev–Trinajstić information content (AvgIpc) is 2.06. The van der Waals surface area contributed by atoms with E-state index in [9.17, 15) is 0 Å². The molecule has 0 unspecified atom stereocenters. The van der Waals surface area contributed by atoms with Crippen LogP contribution in [0.3, 0.4) is 0 Å². The molecule has 1 aromatic heterocycles. The number of hydrogen-bond donors (Lipinski definition) is 0. The number of nitrogens with zero attached hydrogens (tertiary/aromatic N) is 2. The van der Waals surface area contributed by atoms with Gasteiger partial charge in [-0.2, -0.15) is 0 Å². The molecular weight excluding hydrogens is 136 g/mol. The van der Waals surface area contributed by atoms with E-state index in [1.165, 1.54) is 30.5 Å². The van der Waals surface area contributed by atoms with Crippen LogP contribution in [-0.4, -0.2) is 9.97 Å².